The van der Waals surface area contributed by atoms with E-state index < -0.39 is 0 Å². The van der Waals surface area contributed by atoms with Gasteiger partial charge in [0.25, 0.3) is 0 Å². The molecule has 1 aliphatic heterocycles. The minimum Gasteiger partial charge on any atom is -0.314 e. The molecule has 140 valence electrons. The van der Waals surface area contributed by atoms with Crippen molar-refractivity contribution < 1.29 is 0 Å². The van der Waals surface area contributed by atoms with Crippen LogP contribution < -0.4 is 5.32 Å². The van der Waals surface area contributed by atoms with E-state index in [-0.39, 0.29) is 0 Å². The molecule has 28 heavy (non-hydrogen) atoms. The van der Waals surface area contributed by atoms with Gasteiger partial charge in [-0.1, -0.05) is 54.6 Å². The molecule has 4 nitrogen and oxygen atoms in total. The Labute approximate surface area is 168 Å². The zero-order valence-corrected chi connectivity index (χ0v) is 16.5. The quantitative estimate of drug-likeness (QED) is 0.563. The van der Waals surface area contributed by atoms with E-state index in [1.165, 1.54) is 16.0 Å². The molecular weight excluding hydrogens is 364 g/mol. The maximum Gasteiger partial charge on any atom is 0.160 e. The maximum atomic E-state index is 4.78. The van der Waals surface area contributed by atoms with Crippen molar-refractivity contribution in [1.82, 2.24) is 20.2 Å². The van der Waals surface area contributed by atoms with E-state index >= 15 is 0 Å². The lowest BCUT2D eigenvalue weighted by Gasteiger charge is -2.27. The largest absolute Gasteiger partial charge is 0.314 e. The highest BCUT2D eigenvalue weighted by molar-refractivity contribution is 7.21. The van der Waals surface area contributed by atoms with E-state index in [9.17, 15) is 0 Å². The second-order valence-electron chi connectivity index (χ2n) is 7.15. The molecule has 0 amide bonds. The second-order valence-corrected chi connectivity index (χ2v) is 8.18. The molecule has 3 heterocycles. The molecule has 2 aromatic carbocycles. The summed E-state index contributed by atoms with van der Waals surface area (Å²) in [6.07, 6.45) is 1.93. The Morgan fingerprint density at radius 2 is 1.71 bits per heavy atom. The van der Waals surface area contributed by atoms with Gasteiger partial charge in [-0.2, -0.15) is 0 Å². The minimum atomic E-state index is 0.785. The Morgan fingerprint density at radius 3 is 2.50 bits per heavy atom. The van der Waals surface area contributed by atoms with Gasteiger partial charge in [0.15, 0.2) is 5.82 Å². The van der Waals surface area contributed by atoms with E-state index in [2.05, 4.69) is 45.5 Å². The lowest BCUT2D eigenvalue weighted by molar-refractivity contribution is 0.233. The molecule has 0 bridgehead atoms. The van der Waals surface area contributed by atoms with Crippen LogP contribution in [-0.4, -0.2) is 41.0 Å². The first-order valence-corrected chi connectivity index (χ1v) is 10.5. The van der Waals surface area contributed by atoms with Crippen molar-refractivity contribution in [3.63, 3.8) is 0 Å². The number of thiophene rings is 1. The topological polar surface area (TPSA) is 41.1 Å². The van der Waals surface area contributed by atoms with Crippen molar-refractivity contribution in [3.8, 4) is 21.8 Å². The SMILES string of the molecule is c1ccc(-c2ncc3cc(-c4ccc(CN5CCNCC5)cc4)sc3n2)cc1. The summed E-state index contributed by atoms with van der Waals surface area (Å²) in [6.45, 7) is 5.46. The van der Waals surface area contributed by atoms with Gasteiger partial charge in [0.1, 0.15) is 4.83 Å². The fourth-order valence-corrected chi connectivity index (χ4v) is 4.61. The predicted octanol–water partition coefficient (Wildman–Crippen LogP) is 4.43. The van der Waals surface area contributed by atoms with Gasteiger partial charge in [-0.25, -0.2) is 9.97 Å². The van der Waals surface area contributed by atoms with Crippen LogP contribution >= 0.6 is 11.3 Å². The molecule has 0 aliphatic carbocycles. The van der Waals surface area contributed by atoms with E-state index in [0.717, 1.165) is 54.3 Å². The van der Waals surface area contributed by atoms with Gasteiger partial charge in [-0.3, -0.25) is 4.90 Å². The smallest absolute Gasteiger partial charge is 0.160 e. The number of nitrogens with zero attached hydrogens (tertiary/aromatic N) is 3. The van der Waals surface area contributed by atoms with Crippen molar-refractivity contribution in [2.75, 3.05) is 26.2 Å². The number of fused-ring (bicyclic) bond motifs is 1. The van der Waals surface area contributed by atoms with Crippen LogP contribution in [0.3, 0.4) is 0 Å². The molecule has 1 fully saturated rings. The summed E-state index contributed by atoms with van der Waals surface area (Å²) in [7, 11) is 0. The number of benzene rings is 2. The van der Waals surface area contributed by atoms with Crippen molar-refractivity contribution in [1.29, 1.82) is 0 Å². The van der Waals surface area contributed by atoms with Gasteiger partial charge < -0.3 is 5.32 Å². The molecule has 5 heteroatoms. The molecule has 0 radical (unpaired) electrons. The van der Waals surface area contributed by atoms with Crippen molar-refractivity contribution in [2.24, 2.45) is 0 Å². The van der Waals surface area contributed by atoms with Crippen molar-refractivity contribution in [2.45, 2.75) is 6.54 Å². The van der Waals surface area contributed by atoms with Crippen molar-refractivity contribution in [3.05, 3.63) is 72.4 Å². The molecule has 5 rings (SSSR count). The Bertz CT molecular complexity index is 1070. The minimum absolute atomic E-state index is 0.785. The lowest BCUT2D eigenvalue weighted by atomic mass is 10.1. The Hall–Kier alpha value is -2.60. The number of hydrogen-bond donors (Lipinski definition) is 1. The molecule has 0 spiro atoms. The molecule has 0 saturated carbocycles. The van der Waals surface area contributed by atoms with Crippen LogP contribution in [0.15, 0.2) is 66.9 Å². The summed E-state index contributed by atoms with van der Waals surface area (Å²) in [5.74, 6) is 0.785. The molecular formula is C23H22N4S. The summed E-state index contributed by atoms with van der Waals surface area (Å²) in [5, 5.41) is 4.51. The monoisotopic (exact) mass is 386 g/mol. The van der Waals surface area contributed by atoms with E-state index in [1.807, 2.05) is 36.5 Å². The van der Waals surface area contributed by atoms with Crippen LogP contribution in [0.5, 0.6) is 0 Å². The lowest BCUT2D eigenvalue weighted by Crippen LogP contribution is -2.42. The van der Waals surface area contributed by atoms with Gasteiger partial charge >= 0.3 is 0 Å². The molecule has 0 unspecified atom stereocenters. The molecule has 1 N–H and O–H groups in total. The van der Waals surface area contributed by atoms with E-state index in [1.54, 1.807) is 11.3 Å². The fraction of sp³-hybridized carbons (Fsp3) is 0.217. The Kier molecular flexibility index (Phi) is 4.87. The van der Waals surface area contributed by atoms with Crippen LogP contribution in [0.1, 0.15) is 5.56 Å². The van der Waals surface area contributed by atoms with Gasteiger partial charge in [0.2, 0.25) is 0 Å². The van der Waals surface area contributed by atoms with Crippen LogP contribution in [0.25, 0.3) is 32.0 Å². The highest BCUT2D eigenvalue weighted by Crippen LogP contribution is 2.33. The average Bonchev–Trinajstić information content (AvgIpc) is 3.19. The summed E-state index contributed by atoms with van der Waals surface area (Å²) in [4.78, 5) is 14.1. The van der Waals surface area contributed by atoms with Crippen molar-refractivity contribution >= 4 is 21.6 Å². The number of nitrogens with one attached hydrogen (secondary N) is 1. The number of aromatic nitrogens is 2. The third-order valence-electron chi connectivity index (χ3n) is 5.16. The zero-order valence-electron chi connectivity index (χ0n) is 15.6. The highest BCUT2D eigenvalue weighted by Gasteiger charge is 2.11. The molecule has 1 saturated heterocycles. The summed E-state index contributed by atoms with van der Waals surface area (Å²) >= 11 is 1.73. The van der Waals surface area contributed by atoms with Crippen LogP contribution in [0.2, 0.25) is 0 Å². The average molecular weight is 387 g/mol. The number of hydrogen-bond acceptors (Lipinski definition) is 5. The van der Waals surface area contributed by atoms with Gasteiger partial charge in [0.05, 0.1) is 0 Å². The third kappa shape index (κ3) is 3.69. The Balaban J connectivity index is 1.38. The molecule has 2 aromatic heterocycles. The zero-order chi connectivity index (χ0) is 18.8. The van der Waals surface area contributed by atoms with Gasteiger partial charge in [0, 0.05) is 54.7 Å². The highest BCUT2D eigenvalue weighted by atomic mass is 32.1. The first kappa shape index (κ1) is 17.5. The van der Waals surface area contributed by atoms with E-state index in [0.29, 0.717) is 0 Å². The van der Waals surface area contributed by atoms with Crippen LogP contribution in [0.4, 0.5) is 0 Å². The van der Waals surface area contributed by atoms with Gasteiger partial charge in [-0.15, -0.1) is 11.3 Å². The standard InChI is InChI=1S/C23H22N4S/c1-2-4-19(5-3-1)22-25-15-20-14-21(28-23(20)26-22)18-8-6-17(7-9-18)16-27-12-10-24-11-13-27/h1-9,14-15,24H,10-13,16H2. The third-order valence-corrected chi connectivity index (χ3v) is 6.25. The summed E-state index contributed by atoms with van der Waals surface area (Å²) in [6, 6.07) is 21.3. The fourth-order valence-electron chi connectivity index (χ4n) is 3.60. The maximum absolute atomic E-state index is 4.78. The number of piperazine rings is 1. The molecule has 0 atom stereocenters. The Morgan fingerprint density at radius 1 is 0.929 bits per heavy atom. The second kappa shape index (κ2) is 7.80. The number of rotatable bonds is 4. The molecule has 4 aromatic rings. The van der Waals surface area contributed by atoms with Gasteiger partial charge in [-0.05, 0) is 17.2 Å². The van der Waals surface area contributed by atoms with Crippen LogP contribution in [-0.2, 0) is 6.54 Å². The summed E-state index contributed by atoms with van der Waals surface area (Å²) in [5.41, 5.74) is 3.67. The van der Waals surface area contributed by atoms with Crippen LogP contribution in [0, 0.1) is 0 Å². The summed E-state index contributed by atoms with van der Waals surface area (Å²) < 4.78 is 0. The molecule has 1 aliphatic rings. The predicted molar refractivity (Wildman–Crippen MR) is 116 cm³/mol. The first-order valence-electron chi connectivity index (χ1n) is 9.69. The van der Waals surface area contributed by atoms with E-state index in [4.69, 9.17) is 4.98 Å². The normalized spacial score (nSPS) is 15.1. The first-order chi connectivity index (χ1) is 13.8.